The second-order valence-electron chi connectivity index (χ2n) is 9.86. The molecule has 220 valence electrons. The van der Waals surface area contributed by atoms with Crippen molar-refractivity contribution in [3.05, 3.63) is 91.3 Å². The van der Waals surface area contributed by atoms with E-state index >= 15 is 0 Å². The summed E-state index contributed by atoms with van der Waals surface area (Å²) in [5, 5.41) is 12.7. The molecule has 0 radical (unpaired) electrons. The van der Waals surface area contributed by atoms with Gasteiger partial charge in [-0.1, -0.05) is 45.1 Å². The number of phenols is 1. The molecule has 10 nitrogen and oxygen atoms in total. The Morgan fingerprint density at radius 3 is 2.37 bits per heavy atom. The van der Waals surface area contributed by atoms with Crippen LogP contribution in [0.25, 0.3) is 0 Å². The van der Waals surface area contributed by atoms with E-state index in [0.29, 0.717) is 32.6 Å². The van der Waals surface area contributed by atoms with Gasteiger partial charge in [0.15, 0.2) is 11.5 Å². The Hall–Kier alpha value is -4.07. The van der Waals surface area contributed by atoms with E-state index in [1.54, 1.807) is 67.8 Å². The van der Waals surface area contributed by atoms with Gasteiger partial charge in [0.2, 0.25) is 17.7 Å². The first-order chi connectivity index (χ1) is 20.7. The van der Waals surface area contributed by atoms with Crippen molar-refractivity contribution in [2.24, 2.45) is 5.92 Å². The summed E-state index contributed by atoms with van der Waals surface area (Å²) in [6, 6.07) is 18.4. The van der Waals surface area contributed by atoms with Gasteiger partial charge in [0.1, 0.15) is 17.5 Å². The van der Waals surface area contributed by atoms with Gasteiger partial charge >= 0.3 is 4.87 Å². The van der Waals surface area contributed by atoms with Crippen LogP contribution in [0.1, 0.15) is 16.4 Å². The first-order valence-electron chi connectivity index (χ1n) is 13.0. The number of benzene rings is 3. The largest absolute Gasteiger partial charge is 0.504 e. The SMILES string of the molecule is COc1ccc(NC(=O)Cn2c3c(sc2=O)C(c2ccc(O)c(OC)c2)C2C(=O)N(c4ccc(Br)cc4)C(=O)C2S3)cc1. The molecule has 2 N–H and O–H groups in total. The second kappa shape index (κ2) is 11.5. The van der Waals surface area contributed by atoms with Gasteiger partial charge in [0.25, 0.3) is 0 Å². The molecule has 2 aliphatic heterocycles. The smallest absolute Gasteiger partial charge is 0.308 e. The molecular formula is C30H24BrN3O7S2. The molecule has 3 aromatic carbocycles. The van der Waals surface area contributed by atoms with Crippen molar-refractivity contribution in [2.45, 2.75) is 22.7 Å². The molecule has 6 rings (SSSR count). The molecular weight excluding hydrogens is 658 g/mol. The van der Waals surface area contributed by atoms with Crippen molar-refractivity contribution < 1.29 is 29.0 Å². The van der Waals surface area contributed by atoms with Crippen molar-refractivity contribution in [3.63, 3.8) is 0 Å². The number of thiazole rings is 1. The van der Waals surface area contributed by atoms with Crippen LogP contribution in [0.3, 0.4) is 0 Å². The summed E-state index contributed by atoms with van der Waals surface area (Å²) in [7, 11) is 2.96. The first kappa shape index (κ1) is 29.0. The van der Waals surface area contributed by atoms with Gasteiger partial charge in [-0.15, -0.1) is 0 Å². The average molecular weight is 683 g/mol. The van der Waals surface area contributed by atoms with Crippen LogP contribution in [0, 0.1) is 5.92 Å². The maximum atomic E-state index is 14.0. The fourth-order valence-electron chi connectivity index (χ4n) is 5.37. The molecule has 3 heterocycles. The van der Waals surface area contributed by atoms with Crippen LogP contribution in [0.5, 0.6) is 17.2 Å². The predicted molar refractivity (Wildman–Crippen MR) is 166 cm³/mol. The topological polar surface area (TPSA) is 127 Å². The molecule has 3 unspecified atom stereocenters. The number of carbonyl (C=O) groups excluding carboxylic acids is 3. The van der Waals surface area contributed by atoms with Crippen LogP contribution in [-0.2, 0) is 20.9 Å². The minimum absolute atomic E-state index is 0.0838. The molecule has 0 spiro atoms. The number of carbonyl (C=O) groups is 3. The van der Waals surface area contributed by atoms with E-state index in [0.717, 1.165) is 27.6 Å². The van der Waals surface area contributed by atoms with E-state index in [4.69, 9.17) is 9.47 Å². The van der Waals surface area contributed by atoms with Gasteiger partial charge in [-0.05, 0) is 66.2 Å². The highest BCUT2D eigenvalue weighted by molar-refractivity contribution is 9.10. The molecule has 4 aromatic rings. The van der Waals surface area contributed by atoms with Crippen LogP contribution < -0.4 is 24.6 Å². The highest BCUT2D eigenvalue weighted by Gasteiger charge is 2.57. The summed E-state index contributed by atoms with van der Waals surface area (Å²) in [6.07, 6.45) is 0. The Kier molecular flexibility index (Phi) is 7.79. The lowest BCUT2D eigenvalue weighted by Gasteiger charge is -2.31. The van der Waals surface area contributed by atoms with E-state index in [2.05, 4.69) is 21.2 Å². The number of nitrogens with zero attached hydrogens (tertiary/aromatic N) is 2. The molecule has 3 amide bonds. The standard InChI is InChI=1S/C30H24BrN3O7S2/c1-40-19-10-6-17(7-11-19)32-22(36)14-33-29-26(43-30(33)39)23(15-3-12-20(35)21(13-15)41-2)24-25(42-29)28(38)34(27(24)37)18-8-4-16(31)5-9-18/h3-13,23-25,35H,14H2,1-2H3,(H,32,36). The van der Waals surface area contributed by atoms with E-state index in [9.17, 15) is 24.3 Å². The zero-order chi connectivity index (χ0) is 30.4. The van der Waals surface area contributed by atoms with Crippen molar-refractivity contribution in [1.82, 2.24) is 4.57 Å². The monoisotopic (exact) mass is 681 g/mol. The Bertz CT molecular complexity index is 1800. The normalized spacial score (nSPS) is 19.1. The Morgan fingerprint density at radius 2 is 1.70 bits per heavy atom. The van der Waals surface area contributed by atoms with E-state index in [1.165, 1.54) is 22.6 Å². The van der Waals surface area contributed by atoms with Crippen LogP contribution >= 0.6 is 39.0 Å². The van der Waals surface area contributed by atoms with Gasteiger partial charge in [0, 0.05) is 21.0 Å². The van der Waals surface area contributed by atoms with Crippen molar-refractivity contribution in [3.8, 4) is 17.2 Å². The number of methoxy groups -OCH3 is 2. The van der Waals surface area contributed by atoms with Gasteiger partial charge in [0.05, 0.1) is 30.9 Å². The minimum atomic E-state index is -0.849. The summed E-state index contributed by atoms with van der Waals surface area (Å²) in [5.74, 6) is -2.01. The third-order valence-electron chi connectivity index (χ3n) is 7.37. The number of imide groups is 1. The minimum Gasteiger partial charge on any atom is -0.504 e. The van der Waals surface area contributed by atoms with E-state index in [-0.39, 0.29) is 22.9 Å². The summed E-state index contributed by atoms with van der Waals surface area (Å²) >= 11 is 5.46. The first-order valence-corrected chi connectivity index (χ1v) is 15.5. The van der Waals surface area contributed by atoms with Crippen LogP contribution in [-0.4, -0.2) is 46.9 Å². The number of anilines is 2. The van der Waals surface area contributed by atoms with Gasteiger partial charge in [-0.2, -0.15) is 0 Å². The van der Waals surface area contributed by atoms with Crippen molar-refractivity contribution >= 4 is 68.1 Å². The number of fused-ring (bicyclic) bond motifs is 2. The van der Waals surface area contributed by atoms with Crippen LogP contribution in [0.2, 0.25) is 0 Å². The molecule has 1 aromatic heterocycles. The number of amides is 3. The van der Waals surface area contributed by atoms with Crippen LogP contribution in [0.4, 0.5) is 11.4 Å². The number of aromatic nitrogens is 1. The zero-order valence-electron chi connectivity index (χ0n) is 22.8. The molecule has 3 atom stereocenters. The molecule has 1 saturated heterocycles. The van der Waals surface area contributed by atoms with E-state index < -0.39 is 34.8 Å². The van der Waals surface area contributed by atoms with Crippen LogP contribution in [0.15, 0.2) is 81.0 Å². The maximum Gasteiger partial charge on any atom is 0.308 e. The van der Waals surface area contributed by atoms with Crippen molar-refractivity contribution in [2.75, 3.05) is 24.4 Å². The van der Waals surface area contributed by atoms with Gasteiger partial charge in [-0.25, -0.2) is 4.90 Å². The highest BCUT2D eigenvalue weighted by Crippen LogP contribution is 2.54. The number of aromatic hydroxyl groups is 1. The zero-order valence-corrected chi connectivity index (χ0v) is 26.0. The lowest BCUT2D eigenvalue weighted by Crippen LogP contribution is -2.33. The summed E-state index contributed by atoms with van der Waals surface area (Å²) in [4.78, 5) is 55.7. The summed E-state index contributed by atoms with van der Waals surface area (Å²) in [5.41, 5.74) is 1.57. The van der Waals surface area contributed by atoms with Gasteiger partial charge in [-0.3, -0.25) is 23.7 Å². The number of hydrogen-bond donors (Lipinski definition) is 2. The number of phenolic OH excluding ortho intramolecular Hbond substituents is 1. The Labute approximate surface area is 262 Å². The van der Waals surface area contributed by atoms with Crippen molar-refractivity contribution in [1.29, 1.82) is 0 Å². The summed E-state index contributed by atoms with van der Waals surface area (Å²) in [6.45, 7) is -0.286. The molecule has 0 saturated carbocycles. The van der Waals surface area contributed by atoms with Gasteiger partial charge < -0.3 is 19.9 Å². The third kappa shape index (κ3) is 5.21. The fraction of sp³-hybridized carbons (Fsp3) is 0.200. The lowest BCUT2D eigenvalue weighted by molar-refractivity contribution is -0.122. The fourth-order valence-corrected chi connectivity index (χ4v) is 8.40. The highest BCUT2D eigenvalue weighted by atomic mass is 79.9. The number of ether oxygens (including phenoxy) is 2. The molecule has 0 bridgehead atoms. The second-order valence-corrected chi connectivity index (χ2v) is 12.9. The Morgan fingerprint density at radius 1 is 0.977 bits per heavy atom. The van der Waals surface area contributed by atoms with E-state index in [1.807, 2.05) is 0 Å². The number of nitrogens with one attached hydrogen (secondary N) is 1. The summed E-state index contributed by atoms with van der Waals surface area (Å²) < 4.78 is 12.6. The third-order valence-corrected chi connectivity index (χ3v) is 10.5. The number of rotatable bonds is 7. The molecule has 13 heteroatoms. The lowest BCUT2D eigenvalue weighted by atomic mass is 9.83. The number of halogens is 1. The average Bonchev–Trinajstić information content (AvgIpc) is 3.44. The molecule has 2 aliphatic rings. The predicted octanol–water partition coefficient (Wildman–Crippen LogP) is 4.83. The number of hydrogen-bond acceptors (Lipinski definition) is 9. The Balaban J connectivity index is 1.41. The quantitative estimate of drug-likeness (QED) is 0.266. The molecule has 0 aliphatic carbocycles. The number of thioether (sulfide) groups is 1. The molecule has 1 fully saturated rings. The maximum absolute atomic E-state index is 14.0. The molecule has 43 heavy (non-hydrogen) atoms.